The van der Waals surface area contributed by atoms with Gasteiger partial charge in [-0.1, -0.05) is 42.5 Å². The number of alkyl halides is 2. The zero-order valence-corrected chi connectivity index (χ0v) is 24.2. The second-order valence-corrected chi connectivity index (χ2v) is 10.6. The van der Waals surface area contributed by atoms with E-state index in [1.54, 1.807) is 69.3 Å². The van der Waals surface area contributed by atoms with Gasteiger partial charge in [-0.3, -0.25) is 4.79 Å². The highest BCUT2D eigenvalue weighted by Crippen LogP contribution is 2.37. The Kier molecular flexibility index (Phi) is 8.12. The van der Waals surface area contributed by atoms with Crippen LogP contribution in [0.25, 0.3) is 17.1 Å². The summed E-state index contributed by atoms with van der Waals surface area (Å²) in [6.45, 7) is 5.36. The van der Waals surface area contributed by atoms with Crippen LogP contribution < -0.4 is 20.1 Å². The van der Waals surface area contributed by atoms with E-state index in [-0.39, 0.29) is 23.0 Å². The minimum Gasteiger partial charge on any atom is -0.496 e. The second-order valence-electron chi connectivity index (χ2n) is 10.6. The van der Waals surface area contributed by atoms with E-state index in [2.05, 4.69) is 25.9 Å². The monoisotopic (exact) mass is 602 g/mol. The van der Waals surface area contributed by atoms with E-state index in [1.807, 2.05) is 6.07 Å². The number of anilines is 1. The minimum atomic E-state index is -3.65. The standard InChI is InChI=1S/C31H28F2N6O5/c1-30(2,3)35-29(41)43-24-18-39(21-10-6-5-7-11-21)38-25(24)34-26(40)19-14-16-20(17-15-19)31(32,33)28-37-36-27(44-28)22-12-8-9-13-23(22)42-4/h5-18H,1-4H3,(H,35,41)(H,34,38,40). The third-order valence-corrected chi connectivity index (χ3v) is 6.15. The third kappa shape index (κ3) is 6.56. The molecule has 226 valence electrons. The van der Waals surface area contributed by atoms with Gasteiger partial charge >= 0.3 is 12.0 Å². The summed E-state index contributed by atoms with van der Waals surface area (Å²) in [6.07, 6.45) is 0.697. The fourth-order valence-corrected chi connectivity index (χ4v) is 4.08. The molecule has 5 aromatic rings. The van der Waals surface area contributed by atoms with Gasteiger partial charge in [0.2, 0.25) is 0 Å². The van der Waals surface area contributed by atoms with Gasteiger partial charge in [-0.05, 0) is 57.2 Å². The number of hydrogen-bond acceptors (Lipinski definition) is 8. The lowest BCUT2D eigenvalue weighted by Crippen LogP contribution is -2.42. The first-order valence-corrected chi connectivity index (χ1v) is 13.4. The number of aromatic nitrogens is 4. The van der Waals surface area contributed by atoms with Crippen molar-refractivity contribution in [1.82, 2.24) is 25.3 Å². The van der Waals surface area contributed by atoms with Gasteiger partial charge in [-0.2, -0.15) is 8.78 Å². The molecular formula is C31H28F2N6O5. The van der Waals surface area contributed by atoms with Crippen molar-refractivity contribution in [3.05, 3.63) is 102 Å². The molecule has 11 nitrogen and oxygen atoms in total. The summed E-state index contributed by atoms with van der Waals surface area (Å²) in [7, 11) is 1.44. The molecule has 0 aliphatic heterocycles. The molecule has 0 spiro atoms. The third-order valence-electron chi connectivity index (χ3n) is 6.15. The number of rotatable bonds is 8. The highest BCUT2D eigenvalue weighted by Gasteiger charge is 2.41. The summed E-state index contributed by atoms with van der Waals surface area (Å²) in [6, 6.07) is 20.2. The molecule has 0 saturated heterocycles. The van der Waals surface area contributed by atoms with Crippen molar-refractivity contribution in [1.29, 1.82) is 0 Å². The summed E-state index contributed by atoms with van der Waals surface area (Å²) in [5, 5.41) is 16.9. The van der Waals surface area contributed by atoms with Crippen molar-refractivity contribution < 1.29 is 32.3 Å². The Morgan fingerprint density at radius 1 is 0.886 bits per heavy atom. The molecule has 2 amide bonds. The van der Waals surface area contributed by atoms with Crippen LogP contribution in [0.1, 0.15) is 42.6 Å². The molecule has 0 saturated carbocycles. The molecule has 0 unspecified atom stereocenters. The van der Waals surface area contributed by atoms with E-state index in [1.165, 1.54) is 30.1 Å². The van der Waals surface area contributed by atoms with Gasteiger partial charge in [0.25, 0.3) is 17.7 Å². The van der Waals surface area contributed by atoms with Gasteiger partial charge in [0.05, 0.1) is 24.6 Å². The quantitative estimate of drug-likeness (QED) is 0.214. The first-order valence-electron chi connectivity index (χ1n) is 13.4. The molecule has 2 heterocycles. The molecule has 13 heteroatoms. The highest BCUT2D eigenvalue weighted by atomic mass is 19.3. The van der Waals surface area contributed by atoms with Crippen molar-refractivity contribution in [2.45, 2.75) is 32.2 Å². The van der Waals surface area contributed by atoms with Crippen LogP contribution in [0.4, 0.5) is 19.4 Å². The fourth-order valence-electron chi connectivity index (χ4n) is 4.08. The number of amides is 2. The van der Waals surface area contributed by atoms with Gasteiger partial charge in [0.15, 0.2) is 11.6 Å². The predicted molar refractivity (Wildman–Crippen MR) is 156 cm³/mol. The van der Waals surface area contributed by atoms with Crippen LogP contribution in [-0.4, -0.2) is 44.6 Å². The highest BCUT2D eigenvalue weighted by molar-refractivity contribution is 6.04. The predicted octanol–water partition coefficient (Wildman–Crippen LogP) is 6.21. The van der Waals surface area contributed by atoms with Crippen LogP contribution >= 0.6 is 0 Å². The van der Waals surface area contributed by atoms with E-state index >= 15 is 8.78 Å². The Morgan fingerprint density at radius 2 is 1.57 bits per heavy atom. The molecule has 0 bridgehead atoms. The number of para-hydroxylation sites is 2. The SMILES string of the molecule is COc1ccccc1-c1nnc(C(F)(F)c2ccc(C(=O)Nc3nn(-c4ccccc4)cc3OC(=O)NC(C)(C)C)cc2)o1. The fraction of sp³-hybridized carbons (Fsp3) is 0.194. The minimum absolute atomic E-state index is 0.0191. The first-order chi connectivity index (χ1) is 20.9. The van der Waals surface area contributed by atoms with E-state index in [9.17, 15) is 9.59 Å². The van der Waals surface area contributed by atoms with E-state index in [0.29, 0.717) is 17.0 Å². The largest absolute Gasteiger partial charge is 0.496 e. The zero-order valence-electron chi connectivity index (χ0n) is 24.2. The molecule has 0 fully saturated rings. The molecule has 5 rings (SSSR count). The summed E-state index contributed by atoms with van der Waals surface area (Å²) in [4.78, 5) is 25.6. The first kappa shape index (κ1) is 29.9. The molecule has 0 radical (unpaired) electrons. The van der Waals surface area contributed by atoms with E-state index in [4.69, 9.17) is 13.9 Å². The molecular weight excluding hydrogens is 574 g/mol. The molecule has 0 aliphatic carbocycles. The second kappa shape index (κ2) is 12.0. The van der Waals surface area contributed by atoms with Crippen LogP contribution in [0.2, 0.25) is 0 Å². The lowest BCUT2D eigenvalue weighted by Gasteiger charge is -2.19. The van der Waals surface area contributed by atoms with Crippen molar-refractivity contribution in [2.75, 3.05) is 12.4 Å². The summed E-state index contributed by atoms with van der Waals surface area (Å²) < 4.78 is 48.1. The maximum atomic E-state index is 15.3. The molecule has 2 N–H and O–H groups in total. The number of benzene rings is 3. The molecule has 2 aromatic heterocycles. The molecule has 0 atom stereocenters. The Bertz CT molecular complexity index is 1780. The van der Waals surface area contributed by atoms with Crippen LogP contribution in [0, 0.1) is 0 Å². The lowest BCUT2D eigenvalue weighted by atomic mass is 10.1. The van der Waals surface area contributed by atoms with Crippen molar-refractivity contribution >= 4 is 17.8 Å². The van der Waals surface area contributed by atoms with Crippen LogP contribution in [0.5, 0.6) is 11.5 Å². The van der Waals surface area contributed by atoms with Crippen LogP contribution in [-0.2, 0) is 5.92 Å². The number of methoxy groups -OCH3 is 1. The summed E-state index contributed by atoms with van der Waals surface area (Å²) in [5.74, 6) is -5.05. The number of carbonyl (C=O) groups excluding carboxylic acids is 2. The van der Waals surface area contributed by atoms with E-state index < -0.39 is 34.9 Å². The van der Waals surface area contributed by atoms with Crippen molar-refractivity contribution in [3.63, 3.8) is 0 Å². The summed E-state index contributed by atoms with van der Waals surface area (Å²) in [5.41, 5.74) is 0.0161. The summed E-state index contributed by atoms with van der Waals surface area (Å²) >= 11 is 0. The topological polar surface area (TPSA) is 133 Å². The maximum absolute atomic E-state index is 15.3. The molecule has 44 heavy (non-hydrogen) atoms. The van der Waals surface area contributed by atoms with Crippen molar-refractivity contribution in [3.8, 4) is 28.6 Å². The molecule has 3 aromatic carbocycles. The number of nitrogens with zero attached hydrogens (tertiary/aromatic N) is 4. The number of hydrogen-bond donors (Lipinski definition) is 2. The van der Waals surface area contributed by atoms with E-state index in [0.717, 1.165) is 12.1 Å². The average Bonchev–Trinajstić information content (AvgIpc) is 3.65. The Balaban J connectivity index is 1.36. The van der Waals surface area contributed by atoms with Gasteiger partial charge in [0.1, 0.15) is 5.75 Å². The van der Waals surface area contributed by atoms with Gasteiger partial charge in [-0.15, -0.1) is 15.3 Å². The number of nitrogens with one attached hydrogen (secondary N) is 2. The normalized spacial score (nSPS) is 11.6. The van der Waals surface area contributed by atoms with Gasteiger partial charge in [-0.25, -0.2) is 9.48 Å². The van der Waals surface area contributed by atoms with Crippen LogP contribution in [0.15, 0.2) is 89.5 Å². The number of halogens is 2. The Morgan fingerprint density at radius 3 is 2.25 bits per heavy atom. The molecule has 0 aliphatic rings. The van der Waals surface area contributed by atoms with Crippen molar-refractivity contribution in [2.24, 2.45) is 0 Å². The Labute approximate surface area is 250 Å². The maximum Gasteiger partial charge on any atom is 0.413 e. The lowest BCUT2D eigenvalue weighted by molar-refractivity contribution is 0.0135. The average molecular weight is 603 g/mol. The zero-order chi connectivity index (χ0) is 31.5. The van der Waals surface area contributed by atoms with Gasteiger partial charge in [0, 0.05) is 16.7 Å². The number of carbonyl (C=O) groups is 2. The van der Waals surface area contributed by atoms with Crippen LogP contribution in [0.3, 0.4) is 0 Å². The van der Waals surface area contributed by atoms with Gasteiger partial charge < -0.3 is 24.5 Å². The number of ether oxygens (including phenoxy) is 2. The smallest absolute Gasteiger partial charge is 0.413 e. The Hall–Kier alpha value is -5.59.